The molecule has 0 aliphatic rings. The number of hydrogen-bond donors (Lipinski definition) is 2. The van der Waals surface area contributed by atoms with Crippen molar-refractivity contribution in [2.24, 2.45) is 5.73 Å². The molecular weight excluding hydrogens is 328 g/mol. The highest BCUT2D eigenvalue weighted by atomic mass is 79.9. The van der Waals surface area contributed by atoms with Gasteiger partial charge < -0.3 is 10.8 Å². The summed E-state index contributed by atoms with van der Waals surface area (Å²) in [7, 11) is 0. The van der Waals surface area contributed by atoms with Crippen molar-refractivity contribution in [2.45, 2.75) is 12.0 Å². The SMILES string of the molecule is NCC(c1cccc(F)c1)C(O)c1cc(F)ccc1Br. The molecule has 2 aromatic carbocycles. The average Bonchev–Trinajstić information content (AvgIpc) is 2.42. The van der Waals surface area contributed by atoms with E-state index >= 15 is 0 Å². The standard InChI is InChI=1S/C15H14BrF2NO/c16-14-5-4-11(18)7-12(14)15(20)13(8-19)9-2-1-3-10(17)6-9/h1-7,13,15,20H,8,19H2. The topological polar surface area (TPSA) is 46.2 Å². The third kappa shape index (κ3) is 3.23. The Morgan fingerprint density at radius 1 is 1.10 bits per heavy atom. The molecule has 0 saturated heterocycles. The molecule has 3 N–H and O–H groups in total. The highest BCUT2D eigenvalue weighted by Gasteiger charge is 2.24. The van der Waals surface area contributed by atoms with Crippen LogP contribution >= 0.6 is 15.9 Å². The van der Waals surface area contributed by atoms with E-state index in [2.05, 4.69) is 15.9 Å². The molecule has 20 heavy (non-hydrogen) atoms. The van der Waals surface area contributed by atoms with E-state index in [-0.39, 0.29) is 6.54 Å². The second-order valence-electron chi connectivity index (χ2n) is 4.51. The van der Waals surface area contributed by atoms with Crippen molar-refractivity contribution in [1.82, 2.24) is 0 Å². The molecule has 0 aromatic heterocycles. The van der Waals surface area contributed by atoms with Gasteiger partial charge in [-0.05, 0) is 41.5 Å². The van der Waals surface area contributed by atoms with E-state index in [1.807, 2.05) is 0 Å². The molecule has 0 saturated carbocycles. The largest absolute Gasteiger partial charge is 0.388 e. The lowest BCUT2D eigenvalue weighted by Crippen LogP contribution is -2.20. The van der Waals surface area contributed by atoms with Crippen LogP contribution in [0, 0.1) is 11.6 Å². The lowest BCUT2D eigenvalue weighted by atomic mass is 9.89. The Morgan fingerprint density at radius 2 is 1.80 bits per heavy atom. The monoisotopic (exact) mass is 341 g/mol. The quantitative estimate of drug-likeness (QED) is 0.893. The summed E-state index contributed by atoms with van der Waals surface area (Å²) >= 11 is 3.27. The van der Waals surface area contributed by atoms with Crippen LogP contribution in [-0.2, 0) is 0 Å². The molecule has 2 rings (SSSR count). The van der Waals surface area contributed by atoms with Gasteiger partial charge in [0, 0.05) is 16.9 Å². The van der Waals surface area contributed by atoms with Gasteiger partial charge in [-0.3, -0.25) is 0 Å². The molecule has 0 aliphatic carbocycles. The Kier molecular flexibility index (Phi) is 4.86. The fourth-order valence-corrected chi connectivity index (χ4v) is 2.62. The summed E-state index contributed by atoms with van der Waals surface area (Å²) in [4.78, 5) is 0. The van der Waals surface area contributed by atoms with E-state index in [9.17, 15) is 13.9 Å². The zero-order valence-electron chi connectivity index (χ0n) is 10.6. The van der Waals surface area contributed by atoms with Gasteiger partial charge >= 0.3 is 0 Å². The minimum atomic E-state index is -1.02. The Labute approximate surface area is 124 Å². The van der Waals surface area contributed by atoms with Crippen LogP contribution in [0.15, 0.2) is 46.9 Å². The van der Waals surface area contributed by atoms with Crippen LogP contribution < -0.4 is 5.73 Å². The summed E-state index contributed by atoms with van der Waals surface area (Å²) in [6.07, 6.45) is -1.02. The Balaban J connectivity index is 2.38. The van der Waals surface area contributed by atoms with E-state index in [1.165, 1.54) is 30.3 Å². The van der Waals surface area contributed by atoms with E-state index in [4.69, 9.17) is 5.73 Å². The number of hydrogen-bond acceptors (Lipinski definition) is 2. The van der Waals surface area contributed by atoms with Crippen molar-refractivity contribution in [3.8, 4) is 0 Å². The molecule has 0 heterocycles. The molecule has 0 bridgehead atoms. The van der Waals surface area contributed by atoms with Gasteiger partial charge in [-0.15, -0.1) is 0 Å². The zero-order valence-corrected chi connectivity index (χ0v) is 12.1. The molecule has 106 valence electrons. The van der Waals surface area contributed by atoms with Gasteiger partial charge in [0.25, 0.3) is 0 Å². The third-order valence-electron chi connectivity index (χ3n) is 3.19. The molecule has 2 nitrogen and oxygen atoms in total. The molecule has 0 fully saturated rings. The maximum atomic E-state index is 13.3. The van der Waals surface area contributed by atoms with E-state index in [0.29, 0.717) is 15.6 Å². The fourth-order valence-electron chi connectivity index (χ4n) is 2.14. The van der Waals surface area contributed by atoms with Gasteiger partial charge in [0.2, 0.25) is 0 Å². The molecule has 5 heteroatoms. The van der Waals surface area contributed by atoms with E-state index in [0.717, 1.165) is 0 Å². The molecular formula is C15H14BrF2NO. The number of aliphatic hydroxyl groups excluding tert-OH is 1. The van der Waals surface area contributed by atoms with Crippen molar-refractivity contribution < 1.29 is 13.9 Å². The summed E-state index contributed by atoms with van der Waals surface area (Å²) < 4.78 is 27.2. The molecule has 2 unspecified atom stereocenters. The maximum absolute atomic E-state index is 13.3. The van der Waals surface area contributed by atoms with Crippen LogP contribution in [-0.4, -0.2) is 11.7 Å². The van der Waals surface area contributed by atoms with Gasteiger partial charge in [-0.1, -0.05) is 28.1 Å². The van der Waals surface area contributed by atoms with Crippen molar-refractivity contribution >= 4 is 15.9 Å². The smallest absolute Gasteiger partial charge is 0.123 e. The number of halogens is 3. The Morgan fingerprint density at radius 3 is 2.45 bits per heavy atom. The van der Waals surface area contributed by atoms with Crippen molar-refractivity contribution in [3.63, 3.8) is 0 Å². The lowest BCUT2D eigenvalue weighted by molar-refractivity contribution is 0.146. The Bertz CT molecular complexity index is 606. The van der Waals surface area contributed by atoms with Crippen LogP contribution in [0.25, 0.3) is 0 Å². The van der Waals surface area contributed by atoms with Gasteiger partial charge in [-0.25, -0.2) is 8.78 Å². The first-order valence-corrected chi connectivity index (χ1v) is 6.90. The normalized spacial score (nSPS) is 14.1. The maximum Gasteiger partial charge on any atom is 0.123 e. The first-order valence-electron chi connectivity index (χ1n) is 6.11. The van der Waals surface area contributed by atoms with Crippen LogP contribution in [0.4, 0.5) is 8.78 Å². The van der Waals surface area contributed by atoms with Crippen LogP contribution in [0.2, 0.25) is 0 Å². The molecule has 0 amide bonds. The van der Waals surface area contributed by atoms with Gasteiger partial charge in [-0.2, -0.15) is 0 Å². The summed E-state index contributed by atoms with van der Waals surface area (Å²) in [5.74, 6) is -1.35. The molecule has 0 spiro atoms. The average molecular weight is 342 g/mol. The Hall–Kier alpha value is -1.30. The molecule has 2 atom stereocenters. The minimum Gasteiger partial charge on any atom is -0.388 e. The summed E-state index contributed by atoms with van der Waals surface area (Å²) in [6, 6.07) is 9.96. The predicted molar refractivity (Wildman–Crippen MR) is 77.3 cm³/mol. The predicted octanol–water partition coefficient (Wildman–Crippen LogP) is 3.50. The van der Waals surface area contributed by atoms with Gasteiger partial charge in [0.1, 0.15) is 11.6 Å². The number of aliphatic hydroxyl groups is 1. The van der Waals surface area contributed by atoms with Crippen LogP contribution in [0.1, 0.15) is 23.1 Å². The van der Waals surface area contributed by atoms with E-state index < -0.39 is 23.7 Å². The summed E-state index contributed by atoms with van der Waals surface area (Å²) in [6.45, 7) is 0.119. The lowest BCUT2D eigenvalue weighted by Gasteiger charge is -2.23. The summed E-state index contributed by atoms with van der Waals surface area (Å²) in [5, 5.41) is 10.4. The zero-order chi connectivity index (χ0) is 14.7. The molecule has 0 aliphatic heterocycles. The second-order valence-corrected chi connectivity index (χ2v) is 5.36. The summed E-state index contributed by atoms with van der Waals surface area (Å²) in [5.41, 5.74) is 6.66. The van der Waals surface area contributed by atoms with E-state index in [1.54, 1.807) is 12.1 Å². The van der Waals surface area contributed by atoms with Crippen molar-refractivity contribution in [1.29, 1.82) is 0 Å². The molecule has 2 aromatic rings. The highest BCUT2D eigenvalue weighted by Crippen LogP contribution is 2.34. The fraction of sp³-hybridized carbons (Fsp3) is 0.200. The van der Waals surface area contributed by atoms with Crippen LogP contribution in [0.3, 0.4) is 0 Å². The van der Waals surface area contributed by atoms with Gasteiger partial charge in [0.05, 0.1) is 6.10 Å². The highest BCUT2D eigenvalue weighted by molar-refractivity contribution is 9.10. The third-order valence-corrected chi connectivity index (χ3v) is 3.91. The first-order chi connectivity index (χ1) is 9.52. The number of benzene rings is 2. The molecule has 0 radical (unpaired) electrons. The second kappa shape index (κ2) is 6.43. The van der Waals surface area contributed by atoms with Gasteiger partial charge in [0.15, 0.2) is 0 Å². The van der Waals surface area contributed by atoms with Crippen LogP contribution in [0.5, 0.6) is 0 Å². The van der Waals surface area contributed by atoms with Crippen molar-refractivity contribution in [3.05, 3.63) is 69.7 Å². The van der Waals surface area contributed by atoms with Crippen molar-refractivity contribution in [2.75, 3.05) is 6.54 Å². The number of nitrogens with two attached hydrogens (primary N) is 1. The first kappa shape index (κ1) is 15.1. The number of rotatable bonds is 4. The minimum absolute atomic E-state index is 0.119.